The molecule has 1 aromatic carbocycles. The Bertz CT molecular complexity index is 460. The van der Waals surface area contributed by atoms with Crippen molar-refractivity contribution in [2.45, 2.75) is 45.9 Å². The van der Waals surface area contributed by atoms with Crippen LogP contribution in [0.2, 0.25) is 0 Å². The second-order valence-corrected chi connectivity index (χ2v) is 7.39. The first-order valence-corrected chi connectivity index (χ1v) is 9.21. The second kappa shape index (κ2) is 9.21. The maximum atomic E-state index is 12.2. The molecule has 0 heterocycles. The lowest BCUT2D eigenvalue weighted by molar-refractivity contribution is 0.410. The van der Waals surface area contributed by atoms with Gasteiger partial charge in [-0.3, -0.25) is 4.21 Å². The van der Waals surface area contributed by atoms with Crippen molar-refractivity contribution in [3.05, 3.63) is 29.3 Å². The van der Waals surface area contributed by atoms with Crippen LogP contribution in [0.4, 0.5) is 0 Å². The Labute approximate surface area is 131 Å². The summed E-state index contributed by atoms with van der Waals surface area (Å²) in [6.45, 7) is 9.52. The van der Waals surface area contributed by atoms with E-state index in [0.29, 0.717) is 17.7 Å². The maximum absolute atomic E-state index is 12.2. The molecule has 2 atom stereocenters. The summed E-state index contributed by atoms with van der Waals surface area (Å²) in [5.41, 5.74) is 2.26. The molecule has 0 fully saturated rings. The zero-order chi connectivity index (χ0) is 15.8. The van der Waals surface area contributed by atoms with Crippen LogP contribution >= 0.6 is 0 Å². The molecule has 1 N–H and O–H groups in total. The van der Waals surface area contributed by atoms with Crippen LogP contribution < -0.4 is 10.1 Å². The van der Waals surface area contributed by atoms with Crippen molar-refractivity contribution in [1.82, 2.24) is 5.32 Å². The molecule has 4 heteroatoms. The first-order valence-electron chi connectivity index (χ1n) is 7.73. The highest BCUT2D eigenvalue weighted by atomic mass is 32.2. The van der Waals surface area contributed by atoms with Crippen molar-refractivity contribution < 1.29 is 8.95 Å². The third kappa shape index (κ3) is 6.18. The number of hydrogen-bond donors (Lipinski definition) is 1. The largest absolute Gasteiger partial charge is 0.496 e. The fourth-order valence-electron chi connectivity index (χ4n) is 2.26. The van der Waals surface area contributed by atoms with Gasteiger partial charge in [-0.2, -0.15) is 0 Å². The summed E-state index contributed by atoms with van der Waals surface area (Å²) in [6, 6.07) is 6.50. The molecule has 0 saturated carbocycles. The molecule has 1 rings (SSSR count). The van der Waals surface area contributed by atoms with Gasteiger partial charge in [-0.15, -0.1) is 0 Å². The van der Waals surface area contributed by atoms with E-state index in [1.54, 1.807) is 7.11 Å². The molecule has 1 aromatic rings. The van der Waals surface area contributed by atoms with Gasteiger partial charge in [-0.05, 0) is 43.5 Å². The first kappa shape index (κ1) is 18.2. The van der Waals surface area contributed by atoms with Crippen molar-refractivity contribution in [3.63, 3.8) is 0 Å². The zero-order valence-electron chi connectivity index (χ0n) is 13.9. The summed E-state index contributed by atoms with van der Waals surface area (Å²) in [4.78, 5) is 0. The number of rotatable bonds is 9. The van der Waals surface area contributed by atoms with E-state index in [0.717, 1.165) is 30.0 Å². The average Bonchev–Trinajstić information content (AvgIpc) is 2.43. The molecule has 0 aromatic heterocycles. The van der Waals surface area contributed by atoms with E-state index in [1.807, 2.05) is 6.07 Å². The smallest absolute Gasteiger partial charge is 0.123 e. The van der Waals surface area contributed by atoms with Crippen LogP contribution in [0.3, 0.4) is 0 Å². The lowest BCUT2D eigenvalue weighted by atomic mass is 10.0. The normalized spacial score (nSPS) is 14.2. The second-order valence-electron chi connectivity index (χ2n) is 5.89. The SMILES string of the molecule is CCCNC(C)c1ccc(OC)c(CS(=O)CC(C)C)c1. The standard InChI is InChI=1S/C17H29NO2S/c1-6-9-18-14(4)15-7-8-17(20-5)16(10-15)12-21(19)11-13(2)3/h7-8,10,13-14,18H,6,9,11-12H2,1-5H3. The summed E-state index contributed by atoms with van der Waals surface area (Å²) >= 11 is 0. The molecule has 0 spiro atoms. The van der Waals surface area contributed by atoms with Crippen LogP contribution in [0.1, 0.15) is 51.3 Å². The molecule has 0 aliphatic rings. The lowest BCUT2D eigenvalue weighted by Crippen LogP contribution is -2.19. The Morgan fingerprint density at radius 1 is 1.29 bits per heavy atom. The average molecular weight is 311 g/mol. The molecule has 0 saturated heterocycles. The number of methoxy groups -OCH3 is 1. The molecule has 0 aliphatic carbocycles. The molecule has 0 radical (unpaired) electrons. The first-order chi connectivity index (χ1) is 9.97. The maximum Gasteiger partial charge on any atom is 0.123 e. The summed E-state index contributed by atoms with van der Waals surface area (Å²) < 4.78 is 17.6. The molecular weight excluding hydrogens is 282 g/mol. The van der Waals surface area contributed by atoms with E-state index in [4.69, 9.17) is 4.74 Å². The highest BCUT2D eigenvalue weighted by molar-refractivity contribution is 7.84. The summed E-state index contributed by atoms with van der Waals surface area (Å²) in [5.74, 6) is 2.58. The monoisotopic (exact) mass is 311 g/mol. The van der Waals surface area contributed by atoms with Gasteiger partial charge in [-0.1, -0.05) is 26.8 Å². The number of ether oxygens (including phenoxy) is 1. The summed E-state index contributed by atoms with van der Waals surface area (Å²) in [5, 5.41) is 3.48. The van der Waals surface area contributed by atoms with Crippen molar-refractivity contribution in [2.75, 3.05) is 19.4 Å². The molecule has 0 bridgehead atoms. The van der Waals surface area contributed by atoms with Gasteiger partial charge >= 0.3 is 0 Å². The third-order valence-electron chi connectivity index (χ3n) is 3.34. The predicted octanol–water partition coefficient (Wildman–Crippen LogP) is 3.66. The van der Waals surface area contributed by atoms with E-state index < -0.39 is 10.8 Å². The molecule has 0 amide bonds. The van der Waals surface area contributed by atoms with Gasteiger partial charge in [-0.25, -0.2) is 0 Å². The zero-order valence-corrected chi connectivity index (χ0v) is 14.8. The van der Waals surface area contributed by atoms with E-state index in [9.17, 15) is 4.21 Å². The Morgan fingerprint density at radius 2 is 2.00 bits per heavy atom. The van der Waals surface area contributed by atoms with E-state index >= 15 is 0 Å². The van der Waals surface area contributed by atoms with Crippen molar-refractivity contribution in [1.29, 1.82) is 0 Å². The number of hydrogen-bond acceptors (Lipinski definition) is 3. The fraction of sp³-hybridized carbons (Fsp3) is 0.647. The number of nitrogens with one attached hydrogen (secondary N) is 1. The molecular formula is C17H29NO2S. The Kier molecular flexibility index (Phi) is 7.97. The lowest BCUT2D eigenvalue weighted by Gasteiger charge is -2.17. The molecule has 120 valence electrons. The number of benzene rings is 1. The van der Waals surface area contributed by atoms with Crippen LogP contribution in [0.15, 0.2) is 18.2 Å². The van der Waals surface area contributed by atoms with E-state index in [-0.39, 0.29) is 0 Å². The van der Waals surface area contributed by atoms with Gasteiger partial charge in [0.2, 0.25) is 0 Å². The van der Waals surface area contributed by atoms with Gasteiger partial charge in [0.05, 0.1) is 12.9 Å². The molecule has 21 heavy (non-hydrogen) atoms. The van der Waals surface area contributed by atoms with Crippen LogP contribution in [-0.2, 0) is 16.6 Å². The van der Waals surface area contributed by atoms with Crippen LogP contribution in [0, 0.1) is 5.92 Å². The quantitative estimate of drug-likeness (QED) is 0.756. The van der Waals surface area contributed by atoms with E-state index in [1.165, 1.54) is 5.56 Å². The van der Waals surface area contributed by atoms with Crippen LogP contribution in [0.5, 0.6) is 5.75 Å². The minimum absolute atomic E-state index is 0.299. The predicted molar refractivity (Wildman–Crippen MR) is 91.3 cm³/mol. The highest BCUT2D eigenvalue weighted by Gasteiger charge is 2.12. The minimum atomic E-state index is -0.840. The Morgan fingerprint density at radius 3 is 2.57 bits per heavy atom. The van der Waals surface area contributed by atoms with Gasteiger partial charge in [0.1, 0.15) is 5.75 Å². The van der Waals surface area contributed by atoms with Crippen molar-refractivity contribution in [3.8, 4) is 5.75 Å². The van der Waals surface area contributed by atoms with Gasteiger partial charge in [0, 0.05) is 28.2 Å². The summed E-state index contributed by atoms with van der Waals surface area (Å²) in [7, 11) is 0.829. The van der Waals surface area contributed by atoms with Gasteiger partial charge in [0.15, 0.2) is 0 Å². The van der Waals surface area contributed by atoms with Gasteiger partial charge < -0.3 is 10.1 Å². The van der Waals surface area contributed by atoms with Crippen LogP contribution in [0.25, 0.3) is 0 Å². The molecule has 2 unspecified atom stereocenters. The third-order valence-corrected chi connectivity index (χ3v) is 5.01. The fourth-order valence-corrected chi connectivity index (χ4v) is 3.70. The van der Waals surface area contributed by atoms with Crippen molar-refractivity contribution >= 4 is 10.8 Å². The van der Waals surface area contributed by atoms with Crippen LogP contribution in [-0.4, -0.2) is 23.6 Å². The highest BCUT2D eigenvalue weighted by Crippen LogP contribution is 2.25. The van der Waals surface area contributed by atoms with Gasteiger partial charge in [0.25, 0.3) is 0 Å². The Balaban J connectivity index is 2.87. The van der Waals surface area contributed by atoms with E-state index in [2.05, 4.69) is 45.1 Å². The van der Waals surface area contributed by atoms with Crippen molar-refractivity contribution in [2.24, 2.45) is 5.92 Å². The molecule has 0 aliphatic heterocycles. The summed E-state index contributed by atoms with van der Waals surface area (Å²) in [6.07, 6.45) is 1.12. The minimum Gasteiger partial charge on any atom is -0.496 e. The topological polar surface area (TPSA) is 38.3 Å². The Hall–Kier alpha value is -0.870. The molecule has 3 nitrogen and oxygen atoms in total.